The number of nitrogens with zero attached hydrogens (tertiary/aromatic N) is 2. The molecule has 1 aromatic rings. The molecule has 1 saturated heterocycles. The van der Waals surface area contributed by atoms with E-state index in [1.54, 1.807) is 6.07 Å². The first kappa shape index (κ1) is 13.8. The minimum atomic E-state index is -1.00. The molecule has 0 aliphatic carbocycles. The molecule has 1 aliphatic rings. The zero-order valence-electron chi connectivity index (χ0n) is 11.1. The summed E-state index contributed by atoms with van der Waals surface area (Å²) in [6.45, 7) is 6.61. The number of carboxylic acid groups (broad SMARTS) is 1. The van der Waals surface area contributed by atoms with Crippen LogP contribution < -0.4 is 4.90 Å². The lowest BCUT2D eigenvalue weighted by atomic mass is 10.1. The average molecular weight is 266 g/mol. The summed E-state index contributed by atoms with van der Waals surface area (Å²) in [5.74, 6) is -1.43. The van der Waals surface area contributed by atoms with Crippen molar-refractivity contribution in [3.8, 4) is 0 Å². The number of likely N-dealkylation sites (N-methyl/N-ethyl adjacent to an activating group) is 1. The number of benzene rings is 1. The zero-order chi connectivity index (χ0) is 13.8. The van der Waals surface area contributed by atoms with E-state index in [1.165, 1.54) is 6.07 Å². The summed E-state index contributed by atoms with van der Waals surface area (Å²) in [6.07, 6.45) is -0.268. The van der Waals surface area contributed by atoms with Crippen LogP contribution in [-0.4, -0.2) is 48.7 Å². The number of hydrogen-bond donors (Lipinski definition) is 1. The molecule has 19 heavy (non-hydrogen) atoms. The highest BCUT2D eigenvalue weighted by Crippen LogP contribution is 2.25. The Kier molecular flexibility index (Phi) is 4.37. The van der Waals surface area contributed by atoms with Gasteiger partial charge in [-0.1, -0.05) is 13.0 Å². The van der Waals surface area contributed by atoms with Crippen LogP contribution >= 0.6 is 0 Å². The van der Waals surface area contributed by atoms with Crippen molar-refractivity contribution in [1.82, 2.24) is 4.90 Å². The number of carbonyl (C=O) groups is 1. The molecule has 0 unspecified atom stereocenters. The topological polar surface area (TPSA) is 43.8 Å². The molecule has 1 fully saturated rings. The number of rotatable bonds is 4. The third-order valence-electron chi connectivity index (χ3n) is 3.58. The fourth-order valence-corrected chi connectivity index (χ4v) is 2.47. The summed E-state index contributed by atoms with van der Waals surface area (Å²) in [5, 5.41) is 8.90. The molecule has 0 bridgehead atoms. The maximum Gasteiger partial charge on any atom is 0.308 e. The second kappa shape index (κ2) is 6.02. The van der Waals surface area contributed by atoms with E-state index in [9.17, 15) is 9.18 Å². The highest BCUT2D eigenvalue weighted by atomic mass is 19.1. The van der Waals surface area contributed by atoms with E-state index < -0.39 is 11.8 Å². The van der Waals surface area contributed by atoms with Crippen molar-refractivity contribution >= 4 is 11.7 Å². The Hall–Kier alpha value is -1.62. The van der Waals surface area contributed by atoms with Crippen LogP contribution in [0.3, 0.4) is 0 Å². The van der Waals surface area contributed by atoms with Gasteiger partial charge in [-0.2, -0.15) is 0 Å². The van der Waals surface area contributed by atoms with Crippen molar-refractivity contribution < 1.29 is 14.3 Å². The second-order valence-electron chi connectivity index (χ2n) is 4.73. The van der Waals surface area contributed by atoms with Crippen LogP contribution in [0.2, 0.25) is 0 Å². The summed E-state index contributed by atoms with van der Waals surface area (Å²) in [4.78, 5) is 15.3. The molecule has 1 aromatic carbocycles. The largest absolute Gasteiger partial charge is 0.481 e. The molecular formula is C14H19FN2O2. The monoisotopic (exact) mass is 266 g/mol. The van der Waals surface area contributed by atoms with Crippen LogP contribution in [-0.2, 0) is 11.2 Å². The number of carboxylic acids is 1. The molecule has 4 nitrogen and oxygen atoms in total. The van der Waals surface area contributed by atoms with Gasteiger partial charge in [0.25, 0.3) is 0 Å². The SMILES string of the molecule is CCN1CCN(c2cccc(F)c2CC(=O)O)CC1. The summed E-state index contributed by atoms with van der Waals surface area (Å²) >= 11 is 0. The van der Waals surface area contributed by atoms with Crippen molar-refractivity contribution in [3.05, 3.63) is 29.6 Å². The standard InChI is InChI=1S/C14H19FN2O2/c1-2-16-6-8-17(9-7-16)13-5-3-4-12(15)11(13)10-14(18)19/h3-5H,2,6-10H2,1H3,(H,18,19). The van der Waals surface area contributed by atoms with Gasteiger partial charge in [-0.15, -0.1) is 0 Å². The first-order valence-electron chi connectivity index (χ1n) is 6.58. The molecule has 0 atom stereocenters. The fraction of sp³-hybridized carbons (Fsp3) is 0.500. The number of hydrogen-bond acceptors (Lipinski definition) is 3. The van der Waals surface area contributed by atoms with Crippen molar-refractivity contribution in [2.75, 3.05) is 37.6 Å². The normalized spacial score (nSPS) is 16.6. The lowest BCUT2D eigenvalue weighted by Crippen LogP contribution is -2.46. The highest BCUT2D eigenvalue weighted by molar-refractivity contribution is 5.74. The van der Waals surface area contributed by atoms with Gasteiger partial charge in [0.1, 0.15) is 5.82 Å². The Labute approximate surface area is 112 Å². The molecule has 1 N–H and O–H groups in total. The van der Waals surface area contributed by atoms with Gasteiger partial charge in [-0.05, 0) is 18.7 Å². The number of halogens is 1. The Morgan fingerprint density at radius 3 is 2.58 bits per heavy atom. The maximum absolute atomic E-state index is 13.8. The minimum Gasteiger partial charge on any atom is -0.481 e. The first-order valence-corrected chi connectivity index (χ1v) is 6.58. The Bertz CT molecular complexity index is 457. The third-order valence-corrected chi connectivity index (χ3v) is 3.58. The molecule has 2 rings (SSSR count). The van der Waals surface area contributed by atoms with Crippen molar-refractivity contribution in [1.29, 1.82) is 0 Å². The van der Waals surface area contributed by atoms with Crippen LogP contribution in [0.25, 0.3) is 0 Å². The zero-order valence-corrected chi connectivity index (χ0v) is 11.1. The van der Waals surface area contributed by atoms with Crippen molar-refractivity contribution in [2.45, 2.75) is 13.3 Å². The van der Waals surface area contributed by atoms with E-state index in [0.29, 0.717) is 5.56 Å². The van der Waals surface area contributed by atoms with E-state index in [0.717, 1.165) is 38.4 Å². The average Bonchev–Trinajstić information content (AvgIpc) is 2.41. The molecule has 0 saturated carbocycles. The summed E-state index contributed by atoms with van der Waals surface area (Å²) in [5.41, 5.74) is 1.01. The van der Waals surface area contributed by atoms with E-state index in [-0.39, 0.29) is 6.42 Å². The summed E-state index contributed by atoms with van der Waals surface area (Å²) in [7, 11) is 0. The Morgan fingerprint density at radius 2 is 2.00 bits per heavy atom. The van der Waals surface area contributed by atoms with Gasteiger partial charge >= 0.3 is 5.97 Å². The van der Waals surface area contributed by atoms with Crippen LogP contribution in [0, 0.1) is 5.82 Å². The number of anilines is 1. The van der Waals surface area contributed by atoms with Gasteiger partial charge in [0.05, 0.1) is 6.42 Å². The van der Waals surface area contributed by atoms with E-state index in [1.807, 2.05) is 6.07 Å². The second-order valence-corrected chi connectivity index (χ2v) is 4.73. The highest BCUT2D eigenvalue weighted by Gasteiger charge is 2.20. The van der Waals surface area contributed by atoms with Gasteiger partial charge in [-0.3, -0.25) is 4.79 Å². The van der Waals surface area contributed by atoms with Gasteiger partial charge in [-0.25, -0.2) is 4.39 Å². The summed E-state index contributed by atoms with van der Waals surface area (Å²) in [6, 6.07) is 4.77. The molecule has 0 radical (unpaired) electrons. The number of piperazine rings is 1. The Morgan fingerprint density at radius 1 is 1.32 bits per heavy atom. The van der Waals surface area contributed by atoms with Gasteiger partial charge < -0.3 is 14.9 Å². The Balaban J connectivity index is 2.20. The quantitative estimate of drug-likeness (QED) is 0.899. The van der Waals surface area contributed by atoms with Gasteiger partial charge in [0.15, 0.2) is 0 Å². The molecule has 1 aliphatic heterocycles. The van der Waals surface area contributed by atoms with Crippen LogP contribution in [0.4, 0.5) is 10.1 Å². The van der Waals surface area contributed by atoms with E-state index in [4.69, 9.17) is 5.11 Å². The molecule has 0 spiro atoms. The predicted molar refractivity (Wildman–Crippen MR) is 72.1 cm³/mol. The van der Waals surface area contributed by atoms with E-state index >= 15 is 0 Å². The third kappa shape index (κ3) is 3.23. The molecule has 104 valence electrons. The van der Waals surface area contributed by atoms with Crippen LogP contribution in [0.5, 0.6) is 0 Å². The molecular weight excluding hydrogens is 247 g/mol. The molecule has 5 heteroatoms. The predicted octanol–water partition coefficient (Wildman–Crippen LogP) is 1.59. The molecule has 0 aromatic heterocycles. The number of aliphatic carboxylic acids is 1. The van der Waals surface area contributed by atoms with Crippen LogP contribution in [0.1, 0.15) is 12.5 Å². The fourth-order valence-electron chi connectivity index (χ4n) is 2.47. The summed E-state index contributed by atoms with van der Waals surface area (Å²) < 4.78 is 13.8. The molecule has 1 heterocycles. The van der Waals surface area contributed by atoms with Crippen LogP contribution in [0.15, 0.2) is 18.2 Å². The maximum atomic E-state index is 13.8. The minimum absolute atomic E-state index is 0.268. The lowest BCUT2D eigenvalue weighted by molar-refractivity contribution is -0.136. The van der Waals surface area contributed by atoms with Crippen molar-refractivity contribution in [3.63, 3.8) is 0 Å². The van der Waals surface area contributed by atoms with Gasteiger partial charge in [0, 0.05) is 37.4 Å². The first-order chi connectivity index (χ1) is 9.11. The van der Waals surface area contributed by atoms with Crippen molar-refractivity contribution in [2.24, 2.45) is 0 Å². The molecule has 0 amide bonds. The van der Waals surface area contributed by atoms with E-state index in [2.05, 4.69) is 16.7 Å². The smallest absolute Gasteiger partial charge is 0.308 e. The van der Waals surface area contributed by atoms with Gasteiger partial charge in [0.2, 0.25) is 0 Å². The lowest BCUT2D eigenvalue weighted by Gasteiger charge is -2.36.